The Hall–Kier alpha value is -2.18. The van der Waals surface area contributed by atoms with Gasteiger partial charge in [-0.15, -0.1) is 0 Å². The molecule has 1 amide bonds. The summed E-state index contributed by atoms with van der Waals surface area (Å²) in [5.74, 6) is -4.40. The normalized spacial score (nSPS) is 11.1. The Kier molecular flexibility index (Phi) is 4.65. The molecule has 0 unspecified atom stereocenters. The molecule has 20 heavy (non-hydrogen) atoms. The smallest absolute Gasteiger partial charge is 0.310 e. The van der Waals surface area contributed by atoms with Gasteiger partial charge in [-0.1, -0.05) is 0 Å². The Morgan fingerprint density at radius 1 is 1.30 bits per heavy atom. The molecule has 0 atom stereocenters. The van der Waals surface area contributed by atoms with Gasteiger partial charge in [0.05, 0.1) is 12.5 Å². The van der Waals surface area contributed by atoms with Crippen molar-refractivity contribution in [1.82, 2.24) is 5.32 Å². The number of carboxylic acids is 1. The highest BCUT2D eigenvalue weighted by atomic mass is 19.1. The van der Waals surface area contributed by atoms with Gasteiger partial charge in [0.15, 0.2) is 11.6 Å². The van der Waals surface area contributed by atoms with Gasteiger partial charge in [-0.2, -0.15) is 0 Å². The molecule has 0 radical (unpaired) electrons. The highest BCUT2D eigenvalue weighted by molar-refractivity contribution is 5.97. The number of benzene rings is 1. The highest BCUT2D eigenvalue weighted by Gasteiger charge is 2.29. The number of nitrogens with one attached hydrogen (secondary N) is 1. The zero-order chi connectivity index (χ0) is 15.5. The van der Waals surface area contributed by atoms with Crippen molar-refractivity contribution in [3.63, 3.8) is 0 Å². The van der Waals surface area contributed by atoms with Crippen molar-refractivity contribution in [3.05, 3.63) is 29.3 Å². The van der Waals surface area contributed by atoms with Crippen LogP contribution >= 0.6 is 0 Å². The van der Waals surface area contributed by atoms with Crippen molar-refractivity contribution < 1.29 is 28.2 Å². The molecule has 0 aliphatic heterocycles. The lowest BCUT2D eigenvalue weighted by Gasteiger charge is -2.20. The number of hydrogen-bond donors (Lipinski definition) is 2. The molecule has 2 N–H and O–H groups in total. The number of carbonyl (C=O) groups is 2. The summed E-state index contributed by atoms with van der Waals surface area (Å²) in [6.07, 6.45) is 0. The Morgan fingerprint density at radius 2 is 1.85 bits per heavy atom. The Labute approximate surface area is 114 Å². The summed E-state index contributed by atoms with van der Waals surface area (Å²) < 4.78 is 31.7. The molecule has 1 aromatic rings. The fourth-order valence-corrected chi connectivity index (χ4v) is 1.41. The van der Waals surface area contributed by atoms with Crippen LogP contribution < -0.4 is 10.1 Å². The van der Waals surface area contributed by atoms with E-state index in [-0.39, 0.29) is 6.54 Å². The van der Waals surface area contributed by atoms with Crippen LogP contribution in [0.3, 0.4) is 0 Å². The van der Waals surface area contributed by atoms with E-state index in [1.54, 1.807) is 0 Å². The zero-order valence-corrected chi connectivity index (χ0v) is 11.3. The van der Waals surface area contributed by atoms with Crippen LogP contribution in [0, 0.1) is 17.0 Å². The SMILES string of the molecule is COc1c(F)ccc(F)c1C(=O)NCC(C)(C)C(=O)O. The van der Waals surface area contributed by atoms with E-state index in [9.17, 15) is 18.4 Å². The molecule has 5 nitrogen and oxygen atoms in total. The fourth-order valence-electron chi connectivity index (χ4n) is 1.41. The predicted octanol–water partition coefficient (Wildman–Crippen LogP) is 1.81. The van der Waals surface area contributed by atoms with Crippen LogP contribution in [0.1, 0.15) is 24.2 Å². The van der Waals surface area contributed by atoms with Crippen LogP contribution in [0.25, 0.3) is 0 Å². The summed E-state index contributed by atoms with van der Waals surface area (Å²) in [6, 6.07) is 1.64. The van der Waals surface area contributed by atoms with E-state index in [1.807, 2.05) is 0 Å². The zero-order valence-electron chi connectivity index (χ0n) is 11.3. The first-order valence-corrected chi connectivity index (χ1v) is 5.74. The molecule has 0 spiro atoms. The number of methoxy groups -OCH3 is 1. The molecule has 0 aliphatic rings. The topological polar surface area (TPSA) is 75.6 Å². The van der Waals surface area contributed by atoms with Crippen molar-refractivity contribution >= 4 is 11.9 Å². The van der Waals surface area contributed by atoms with Gasteiger partial charge >= 0.3 is 5.97 Å². The van der Waals surface area contributed by atoms with Gasteiger partial charge < -0.3 is 15.2 Å². The molecule has 1 rings (SSSR count). The van der Waals surface area contributed by atoms with E-state index in [0.29, 0.717) is 0 Å². The monoisotopic (exact) mass is 287 g/mol. The van der Waals surface area contributed by atoms with Gasteiger partial charge in [0.2, 0.25) is 0 Å². The minimum atomic E-state index is -1.23. The lowest BCUT2D eigenvalue weighted by atomic mass is 9.94. The second-order valence-corrected chi connectivity index (χ2v) is 4.81. The molecule has 7 heteroatoms. The van der Waals surface area contributed by atoms with Crippen LogP contribution in [0.15, 0.2) is 12.1 Å². The van der Waals surface area contributed by atoms with E-state index in [2.05, 4.69) is 10.1 Å². The molecule has 0 heterocycles. The number of hydrogen-bond acceptors (Lipinski definition) is 3. The Morgan fingerprint density at radius 3 is 2.35 bits per heavy atom. The maximum atomic E-state index is 13.6. The minimum absolute atomic E-state index is 0.236. The lowest BCUT2D eigenvalue weighted by Crippen LogP contribution is -2.39. The summed E-state index contributed by atoms with van der Waals surface area (Å²) in [5.41, 5.74) is -1.82. The molecular weight excluding hydrogens is 272 g/mol. The van der Waals surface area contributed by atoms with Crippen molar-refractivity contribution in [2.75, 3.05) is 13.7 Å². The van der Waals surface area contributed by atoms with Crippen LogP contribution in [-0.4, -0.2) is 30.6 Å². The van der Waals surface area contributed by atoms with Crippen molar-refractivity contribution in [3.8, 4) is 5.75 Å². The third-order valence-corrected chi connectivity index (χ3v) is 2.76. The molecular formula is C13H15F2NO4. The van der Waals surface area contributed by atoms with E-state index in [4.69, 9.17) is 5.11 Å². The summed E-state index contributed by atoms with van der Waals surface area (Å²) in [6.45, 7) is 2.56. The summed E-state index contributed by atoms with van der Waals surface area (Å²) >= 11 is 0. The van der Waals surface area contributed by atoms with Gasteiger partial charge in [-0.05, 0) is 26.0 Å². The van der Waals surface area contributed by atoms with Crippen molar-refractivity contribution in [2.45, 2.75) is 13.8 Å². The first kappa shape index (κ1) is 15.9. The maximum absolute atomic E-state index is 13.6. The fraction of sp³-hybridized carbons (Fsp3) is 0.385. The van der Waals surface area contributed by atoms with Crippen LogP contribution in [0.5, 0.6) is 5.75 Å². The van der Waals surface area contributed by atoms with Crippen molar-refractivity contribution in [2.24, 2.45) is 5.41 Å². The molecule has 1 aromatic carbocycles. The summed E-state index contributed by atoms with van der Waals surface area (Å²) in [7, 11) is 1.11. The highest BCUT2D eigenvalue weighted by Crippen LogP contribution is 2.25. The number of carboxylic acid groups (broad SMARTS) is 1. The second-order valence-electron chi connectivity index (χ2n) is 4.81. The Bertz CT molecular complexity index is 543. The molecule has 110 valence electrons. The van der Waals surface area contributed by atoms with Crippen LogP contribution in [0.4, 0.5) is 8.78 Å². The average Bonchev–Trinajstić information content (AvgIpc) is 2.38. The number of rotatable bonds is 5. The summed E-state index contributed by atoms with van der Waals surface area (Å²) in [4.78, 5) is 22.8. The van der Waals surface area contributed by atoms with E-state index >= 15 is 0 Å². The first-order valence-electron chi connectivity index (χ1n) is 5.74. The van der Waals surface area contributed by atoms with Crippen molar-refractivity contribution in [1.29, 1.82) is 0 Å². The second kappa shape index (κ2) is 5.85. The molecule has 0 saturated carbocycles. The van der Waals surface area contributed by atoms with Gasteiger partial charge in [-0.25, -0.2) is 8.78 Å². The Balaban J connectivity index is 2.99. The third kappa shape index (κ3) is 3.23. The number of ether oxygens (including phenoxy) is 1. The molecule has 0 bridgehead atoms. The third-order valence-electron chi connectivity index (χ3n) is 2.76. The van der Waals surface area contributed by atoms with Gasteiger partial charge in [-0.3, -0.25) is 9.59 Å². The van der Waals surface area contributed by atoms with Gasteiger partial charge in [0.1, 0.15) is 11.4 Å². The van der Waals surface area contributed by atoms with Gasteiger partial charge in [0, 0.05) is 6.54 Å². The maximum Gasteiger partial charge on any atom is 0.310 e. The lowest BCUT2D eigenvalue weighted by molar-refractivity contribution is -0.146. The van der Waals surface area contributed by atoms with Gasteiger partial charge in [0.25, 0.3) is 5.91 Å². The number of carbonyl (C=O) groups excluding carboxylic acids is 1. The molecule has 0 saturated heterocycles. The van der Waals surface area contributed by atoms with Crippen LogP contribution in [0.2, 0.25) is 0 Å². The first-order chi connectivity index (χ1) is 9.20. The minimum Gasteiger partial charge on any atom is -0.493 e. The number of amides is 1. The predicted molar refractivity (Wildman–Crippen MR) is 66.7 cm³/mol. The number of halogens is 2. The van der Waals surface area contributed by atoms with E-state index in [0.717, 1.165) is 19.2 Å². The summed E-state index contributed by atoms with van der Waals surface area (Å²) in [5, 5.41) is 11.2. The van der Waals surface area contributed by atoms with E-state index in [1.165, 1.54) is 13.8 Å². The number of aliphatic carboxylic acids is 1. The molecule has 0 aliphatic carbocycles. The standard InChI is InChI=1S/C13H15F2NO4/c1-13(2,12(18)19)6-16-11(17)9-7(14)4-5-8(15)10(9)20-3/h4-5H,6H2,1-3H3,(H,16,17)(H,18,19). The van der Waals surface area contributed by atoms with E-state index < -0.39 is 40.2 Å². The largest absolute Gasteiger partial charge is 0.493 e. The molecule has 0 fully saturated rings. The molecule has 0 aromatic heterocycles. The quantitative estimate of drug-likeness (QED) is 0.866. The van der Waals surface area contributed by atoms with Crippen LogP contribution in [-0.2, 0) is 4.79 Å². The average molecular weight is 287 g/mol.